The van der Waals surface area contributed by atoms with Crippen molar-refractivity contribution in [3.8, 4) is 6.07 Å². The standard InChI is InChI=1S/C16H17N7/c1-22(16-12(8-17)5-6-18-21-16)13-9-23(10-13)15-7-11-3-2-4-14(11)19-20-15/h5-7,13H,2-4,9-10H2,1H3. The van der Waals surface area contributed by atoms with E-state index < -0.39 is 0 Å². The van der Waals surface area contributed by atoms with Gasteiger partial charge in [-0.25, -0.2) is 0 Å². The fourth-order valence-corrected chi connectivity index (χ4v) is 3.20. The van der Waals surface area contributed by atoms with Crippen LogP contribution in [0.1, 0.15) is 23.2 Å². The van der Waals surface area contributed by atoms with Crippen LogP contribution < -0.4 is 9.80 Å². The fourth-order valence-electron chi connectivity index (χ4n) is 3.20. The van der Waals surface area contributed by atoms with E-state index in [1.807, 2.05) is 11.9 Å². The van der Waals surface area contributed by atoms with Gasteiger partial charge in [0.15, 0.2) is 11.6 Å². The molecule has 2 aliphatic rings. The molecule has 0 atom stereocenters. The van der Waals surface area contributed by atoms with Crippen LogP contribution in [0, 0.1) is 11.3 Å². The molecule has 3 heterocycles. The minimum absolute atomic E-state index is 0.300. The predicted octanol–water partition coefficient (Wildman–Crippen LogP) is 0.952. The summed E-state index contributed by atoms with van der Waals surface area (Å²) in [7, 11) is 1.96. The number of nitrogens with zero attached hydrogens (tertiary/aromatic N) is 7. The summed E-state index contributed by atoms with van der Waals surface area (Å²) >= 11 is 0. The van der Waals surface area contributed by atoms with Gasteiger partial charge in [-0.2, -0.15) is 15.5 Å². The van der Waals surface area contributed by atoms with E-state index in [4.69, 9.17) is 0 Å². The topological polar surface area (TPSA) is 81.8 Å². The molecule has 1 fully saturated rings. The average Bonchev–Trinajstić information content (AvgIpc) is 3.01. The number of anilines is 2. The quantitative estimate of drug-likeness (QED) is 0.835. The zero-order chi connectivity index (χ0) is 15.8. The summed E-state index contributed by atoms with van der Waals surface area (Å²) in [6.07, 6.45) is 4.89. The summed E-state index contributed by atoms with van der Waals surface area (Å²) in [5.74, 6) is 1.59. The van der Waals surface area contributed by atoms with E-state index in [2.05, 4.69) is 37.4 Å². The van der Waals surface area contributed by atoms with E-state index in [9.17, 15) is 5.26 Å². The Hall–Kier alpha value is -2.75. The molecule has 0 radical (unpaired) electrons. The van der Waals surface area contributed by atoms with Crippen LogP contribution in [0.5, 0.6) is 0 Å². The molecule has 0 bridgehead atoms. The van der Waals surface area contributed by atoms with Crippen molar-refractivity contribution in [1.29, 1.82) is 5.26 Å². The summed E-state index contributed by atoms with van der Waals surface area (Å²) < 4.78 is 0. The van der Waals surface area contributed by atoms with Crippen LogP contribution in [0.3, 0.4) is 0 Å². The van der Waals surface area contributed by atoms with Gasteiger partial charge in [0.1, 0.15) is 6.07 Å². The lowest BCUT2D eigenvalue weighted by atomic mass is 10.1. The second-order valence-electron chi connectivity index (χ2n) is 6.08. The Morgan fingerprint density at radius 3 is 2.96 bits per heavy atom. The monoisotopic (exact) mass is 307 g/mol. The van der Waals surface area contributed by atoms with Gasteiger partial charge in [0.2, 0.25) is 0 Å². The summed E-state index contributed by atoms with van der Waals surface area (Å²) in [4.78, 5) is 4.25. The highest BCUT2D eigenvalue weighted by atomic mass is 15.4. The van der Waals surface area contributed by atoms with Crippen LogP contribution >= 0.6 is 0 Å². The molecule has 1 aliphatic carbocycles. The van der Waals surface area contributed by atoms with Gasteiger partial charge < -0.3 is 9.80 Å². The zero-order valence-electron chi connectivity index (χ0n) is 13.0. The number of likely N-dealkylation sites (N-methyl/N-ethyl adjacent to an activating group) is 1. The van der Waals surface area contributed by atoms with Gasteiger partial charge in [-0.1, -0.05) is 0 Å². The highest BCUT2D eigenvalue weighted by Gasteiger charge is 2.33. The Kier molecular flexibility index (Phi) is 3.30. The largest absolute Gasteiger partial charge is 0.351 e. The molecule has 0 saturated carbocycles. The van der Waals surface area contributed by atoms with Crippen LogP contribution in [-0.4, -0.2) is 46.6 Å². The van der Waals surface area contributed by atoms with Crippen LogP contribution in [0.2, 0.25) is 0 Å². The van der Waals surface area contributed by atoms with Gasteiger partial charge in [-0.3, -0.25) is 0 Å². The molecule has 2 aromatic heterocycles. The van der Waals surface area contributed by atoms with Gasteiger partial charge in [-0.05, 0) is 37.0 Å². The van der Waals surface area contributed by atoms with E-state index in [-0.39, 0.29) is 0 Å². The predicted molar refractivity (Wildman–Crippen MR) is 85.2 cm³/mol. The smallest absolute Gasteiger partial charge is 0.169 e. The lowest BCUT2D eigenvalue weighted by Crippen LogP contribution is -2.59. The third-order valence-corrected chi connectivity index (χ3v) is 4.70. The van der Waals surface area contributed by atoms with Crippen molar-refractivity contribution in [2.45, 2.75) is 25.3 Å². The highest BCUT2D eigenvalue weighted by molar-refractivity contribution is 5.55. The second-order valence-corrected chi connectivity index (χ2v) is 6.08. The number of hydrogen-bond acceptors (Lipinski definition) is 7. The number of nitriles is 1. The molecule has 0 amide bonds. The lowest BCUT2D eigenvalue weighted by molar-refractivity contribution is 0.486. The van der Waals surface area contributed by atoms with E-state index >= 15 is 0 Å². The first-order valence-electron chi connectivity index (χ1n) is 7.81. The minimum atomic E-state index is 0.300. The van der Waals surface area contributed by atoms with E-state index in [0.717, 1.165) is 37.4 Å². The summed E-state index contributed by atoms with van der Waals surface area (Å²) in [6.45, 7) is 1.71. The molecule has 4 rings (SSSR count). The van der Waals surface area contributed by atoms with Crippen molar-refractivity contribution < 1.29 is 0 Å². The molecule has 2 aromatic rings. The van der Waals surface area contributed by atoms with Crippen molar-refractivity contribution in [2.24, 2.45) is 0 Å². The SMILES string of the molecule is CN(c1nnccc1C#N)C1CN(c2cc3c(nn2)CCC3)C1. The maximum atomic E-state index is 9.19. The molecule has 116 valence electrons. The third kappa shape index (κ3) is 2.36. The normalized spacial score (nSPS) is 16.6. The van der Waals surface area contributed by atoms with Gasteiger partial charge in [0.05, 0.1) is 23.5 Å². The molecule has 7 nitrogen and oxygen atoms in total. The Morgan fingerprint density at radius 1 is 1.26 bits per heavy atom. The maximum absolute atomic E-state index is 9.19. The zero-order valence-corrected chi connectivity index (χ0v) is 13.0. The third-order valence-electron chi connectivity index (χ3n) is 4.70. The highest BCUT2D eigenvalue weighted by Crippen LogP contribution is 2.28. The van der Waals surface area contributed by atoms with Crippen LogP contribution in [-0.2, 0) is 12.8 Å². The van der Waals surface area contributed by atoms with Crippen LogP contribution in [0.4, 0.5) is 11.6 Å². The summed E-state index contributed by atoms with van der Waals surface area (Å²) in [6, 6.07) is 6.34. The van der Waals surface area contributed by atoms with E-state index in [0.29, 0.717) is 17.4 Å². The molecule has 0 aromatic carbocycles. The number of aryl methyl sites for hydroxylation is 2. The Morgan fingerprint density at radius 2 is 2.13 bits per heavy atom. The maximum Gasteiger partial charge on any atom is 0.169 e. The Balaban J connectivity index is 1.46. The number of aromatic nitrogens is 4. The molecule has 0 unspecified atom stereocenters. The first-order valence-corrected chi connectivity index (χ1v) is 7.81. The molecule has 1 aliphatic heterocycles. The summed E-state index contributed by atoms with van der Waals surface area (Å²) in [5, 5.41) is 25.9. The van der Waals surface area contributed by atoms with Gasteiger partial charge >= 0.3 is 0 Å². The van der Waals surface area contributed by atoms with Crippen molar-refractivity contribution in [2.75, 3.05) is 29.9 Å². The number of fused-ring (bicyclic) bond motifs is 1. The van der Waals surface area contributed by atoms with Crippen LogP contribution in [0.15, 0.2) is 18.3 Å². The molecule has 23 heavy (non-hydrogen) atoms. The fraction of sp³-hybridized carbons (Fsp3) is 0.438. The lowest BCUT2D eigenvalue weighted by Gasteiger charge is -2.44. The second kappa shape index (κ2) is 5.47. The van der Waals surface area contributed by atoms with Gasteiger partial charge in [0.25, 0.3) is 0 Å². The molecule has 1 saturated heterocycles. The summed E-state index contributed by atoms with van der Waals surface area (Å²) in [5.41, 5.74) is 3.05. The Labute approximate surface area is 134 Å². The number of hydrogen-bond donors (Lipinski definition) is 0. The first-order chi connectivity index (χ1) is 11.3. The number of rotatable bonds is 3. The van der Waals surface area contributed by atoms with Gasteiger partial charge in [0, 0.05) is 20.1 Å². The van der Waals surface area contributed by atoms with E-state index in [1.54, 1.807) is 12.3 Å². The van der Waals surface area contributed by atoms with E-state index in [1.165, 1.54) is 12.0 Å². The van der Waals surface area contributed by atoms with Crippen molar-refractivity contribution in [3.63, 3.8) is 0 Å². The minimum Gasteiger partial charge on any atom is -0.351 e. The molecule has 0 N–H and O–H groups in total. The Bertz CT molecular complexity index is 776. The van der Waals surface area contributed by atoms with Gasteiger partial charge in [-0.15, -0.1) is 10.2 Å². The van der Waals surface area contributed by atoms with Crippen molar-refractivity contribution >= 4 is 11.6 Å². The van der Waals surface area contributed by atoms with Crippen LogP contribution in [0.25, 0.3) is 0 Å². The molecule has 0 spiro atoms. The molecular weight excluding hydrogens is 290 g/mol. The first kappa shape index (κ1) is 13.9. The van der Waals surface area contributed by atoms with Crippen molar-refractivity contribution in [3.05, 3.63) is 35.2 Å². The molecule has 7 heteroatoms. The average molecular weight is 307 g/mol. The van der Waals surface area contributed by atoms with Crippen molar-refractivity contribution in [1.82, 2.24) is 20.4 Å². The molecular formula is C16H17N7.